The van der Waals surface area contributed by atoms with Gasteiger partial charge in [0.25, 0.3) is 0 Å². The van der Waals surface area contributed by atoms with Crippen molar-refractivity contribution in [3.05, 3.63) is 51.6 Å². The molecule has 242 valence electrons. The summed E-state index contributed by atoms with van der Waals surface area (Å²) in [5.74, 6) is -2.84. The molecule has 0 radical (unpaired) electrons. The van der Waals surface area contributed by atoms with Gasteiger partial charge in [-0.05, 0) is 26.3 Å². The fourth-order valence-electron chi connectivity index (χ4n) is 6.31. The van der Waals surface area contributed by atoms with E-state index >= 15 is 0 Å². The molecule has 45 heavy (non-hydrogen) atoms. The minimum Gasteiger partial charge on any atom is -0.507 e. The smallest absolute Gasteiger partial charge is 0.240 e. The number of phenolic OH excluding ortho intramolecular Hbond substituents is 2. The maximum Gasteiger partial charge on any atom is 0.240 e. The number of methoxy groups -OCH3 is 1. The van der Waals surface area contributed by atoms with Crippen molar-refractivity contribution in [1.82, 2.24) is 5.43 Å². The van der Waals surface area contributed by atoms with E-state index in [1.54, 1.807) is 6.92 Å². The molecule has 2 aliphatic carbocycles. The van der Waals surface area contributed by atoms with Gasteiger partial charge in [0, 0.05) is 48.4 Å². The first-order chi connectivity index (χ1) is 21.3. The molecule has 13 nitrogen and oxygen atoms in total. The molecule has 2 aromatic rings. The first-order valence-corrected chi connectivity index (χ1v) is 15.0. The molecule has 0 bridgehead atoms. The van der Waals surface area contributed by atoms with Crippen molar-refractivity contribution >= 4 is 23.2 Å². The SMILES string of the molecule is CCCCC(=O)N/N=C(\C)C1(O)Cc2c(O)c3c(c(O)c2C(OC2CC(N)C(O)C(C)O2)C1)C(=O)c1c(OC)cccc1C3=O. The number of rotatable bonds is 8. The molecule has 1 aliphatic heterocycles. The van der Waals surface area contributed by atoms with Crippen LogP contribution >= 0.6 is 0 Å². The number of amides is 1. The van der Waals surface area contributed by atoms with E-state index in [0.29, 0.717) is 6.42 Å². The van der Waals surface area contributed by atoms with Crippen molar-refractivity contribution in [3.8, 4) is 17.2 Å². The quantitative estimate of drug-likeness (QED) is 0.121. The topological polar surface area (TPSA) is 210 Å². The molecule has 7 N–H and O–H groups in total. The molecule has 1 saturated heterocycles. The molecule has 13 heteroatoms. The molecule has 5 rings (SSSR count). The number of ether oxygens (including phenoxy) is 3. The zero-order chi connectivity index (χ0) is 32.8. The number of phenols is 2. The number of aliphatic hydroxyl groups excluding tert-OH is 1. The van der Waals surface area contributed by atoms with E-state index in [4.69, 9.17) is 19.9 Å². The first-order valence-electron chi connectivity index (χ1n) is 15.0. The normalized spacial score (nSPS) is 27.8. The third-order valence-electron chi connectivity index (χ3n) is 8.92. The number of fused-ring (bicyclic) bond motifs is 3. The van der Waals surface area contributed by atoms with Crippen LogP contribution in [0.4, 0.5) is 0 Å². The summed E-state index contributed by atoms with van der Waals surface area (Å²) in [4.78, 5) is 39.8. The molecule has 0 spiro atoms. The second-order valence-corrected chi connectivity index (χ2v) is 11.9. The second kappa shape index (κ2) is 12.5. The number of unbranched alkanes of at least 4 members (excludes halogenated alkanes) is 1. The van der Waals surface area contributed by atoms with E-state index < -0.39 is 70.4 Å². The summed E-state index contributed by atoms with van der Waals surface area (Å²) in [7, 11) is 1.35. The van der Waals surface area contributed by atoms with Crippen LogP contribution in [0.1, 0.15) is 102 Å². The molecule has 1 fully saturated rings. The van der Waals surface area contributed by atoms with Crippen LogP contribution in [0.5, 0.6) is 17.2 Å². The largest absolute Gasteiger partial charge is 0.507 e. The Morgan fingerprint density at radius 3 is 2.56 bits per heavy atom. The number of nitrogens with zero attached hydrogens (tertiary/aromatic N) is 1. The molecule has 1 heterocycles. The lowest BCUT2D eigenvalue weighted by Gasteiger charge is -2.42. The van der Waals surface area contributed by atoms with Gasteiger partial charge in [-0.2, -0.15) is 5.10 Å². The Kier molecular flexibility index (Phi) is 9.02. The highest BCUT2D eigenvalue weighted by Gasteiger charge is 2.49. The molecule has 2 aromatic carbocycles. The van der Waals surface area contributed by atoms with Crippen molar-refractivity contribution in [2.45, 2.75) is 95.5 Å². The van der Waals surface area contributed by atoms with Gasteiger partial charge in [0.15, 0.2) is 12.1 Å². The van der Waals surface area contributed by atoms with Gasteiger partial charge in [-0.15, -0.1) is 0 Å². The second-order valence-electron chi connectivity index (χ2n) is 11.9. The van der Waals surface area contributed by atoms with Crippen molar-refractivity contribution < 1.29 is 49.0 Å². The number of carbonyl (C=O) groups is 3. The Morgan fingerprint density at radius 1 is 1.18 bits per heavy atom. The van der Waals surface area contributed by atoms with Crippen LogP contribution in [-0.4, -0.2) is 80.9 Å². The predicted molar refractivity (Wildman–Crippen MR) is 160 cm³/mol. The number of carbonyl (C=O) groups excluding carboxylic acids is 3. The summed E-state index contributed by atoms with van der Waals surface area (Å²) in [6.07, 6.45) is -2.65. The standard InChI is InChI=1S/C32H39N3O10/c1-5-6-10-21(36)35-34-15(3)32(42)12-17-24(20(13-32)45-22-11-18(33)27(37)14(2)44-22)31(41)26-25(29(17)39)28(38)16-8-7-9-19(43-4)23(16)30(26)40/h7-9,14,18,20,22,27,37,39,41-42H,5-6,10-13,33H2,1-4H3,(H,35,36)/b34-15+. The fourth-order valence-corrected chi connectivity index (χ4v) is 6.31. The Hall–Kier alpha value is -3.88. The summed E-state index contributed by atoms with van der Waals surface area (Å²) >= 11 is 0. The van der Waals surface area contributed by atoms with E-state index in [1.807, 2.05) is 6.92 Å². The van der Waals surface area contributed by atoms with E-state index in [9.17, 15) is 34.8 Å². The maximum atomic E-state index is 13.8. The Balaban J connectivity index is 1.63. The van der Waals surface area contributed by atoms with Crippen LogP contribution in [0.25, 0.3) is 0 Å². The van der Waals surface area contributed by atoms with Gasteiger partial charge >= 0.3 is 0 Å². The molecule has 1 amide bonds. The number of aromatic hydroxyl groups is 2. The molecule has 0 aromatic heterocycles. The minimum atomic E-state index is -1.83. The van der Waals surface area contributed by atoms with Gasteiger partial charge in [0.05, 0.1) is 47.8 Å². The van der Waals surface area contributed by atoms with E-state index in [-0.39, 0.29) is 65.3 Å². The van der Waals surface area contributed by atoms with Gasteiger partial charge in [-0.1, -0.05) is 25.5 Å². The average Bonchev–Trinajstić information content (AvgIpc) is 3.01. The number of nitrogens with one attached hydrogen (secondary N) is 1. The van der Waals surface area contributed by atoms with E-state index in [1.165, 1.54) is 32.2 Å². The van der Waals surface area contributed by atoms with Gasteiger partial charge in [0.1, 0.15) is 22.8 Å². The lowest BCUT2D eigenvalue weighted by Crippen LogP contribution is -2.52. The van der Waals surface area contributed by atoms with Crippen molar-refractivity contribution in [2.24, 2.45) is 10.8 Å². The minimum absolute atomic E-state index is 0.00819. The number of ketones is 2. The first kappa shape index (κ1) is 32.5. The zero-order valence-corrected chi connectivity index (χ0v) is 25.6. The van der Waals surface area contributed by atoms with Crippen molar-refractivity contribution in [2.75, 3.05) is 7.11 Å². The lowest BCUT2D eigenvalue weighted by molar-refractivity contribution is -0.245. The molecule has 6 unspecified atom stereocenters. The van der Waals surface area contributed by atoms with E-state index in [2.05, 4.69) is 10.5 Å². The summed E-state index contributed by atoms with van der Waals surface area (Å²) < 4.78 is 17.4. The van der Waals surface area contributed by atoms with Crippen LogP contribution in [0.2, 0.25) is 0 Å². The number of hydrogen-bond acceptors (Lipinski definition) is 12. The molecular weight excluding hydrogens is 586 g/mol. The number of aliphatic hydroxyl groups is 2. The van der Waals surface area contributed by atoms with Crippen LogP contribution in [0, 0.1) is 0 Å². The van der Waals surface area contributed by atoms with Gasteiger partial charge < -0.3 is 40.4 Å². The number of hydrazone groups is 1. The lowest BCUT2D eigenvalue weighted by atomic mass is 9.72. The zero-order valence-electron chi connectivity index (χ0n) is 25.6. The van der Waals surface area contributed by atoms with Crippen LogP contribution in [0.3, 0.4) is 0 Å². The summed E-state index contributed by atoms with van der Waals surface area (Å²) in [5, 5.41) is 49.7. The monoisotopic (exact) mass is 625 g/mol. The highest BCUT2D eigenvalue weighted by molar-refractivity contribution is 6.31. The predicted octanol–water partition coefficient (Wildman–Crippen LogP) is 2.12. The molecule has 6 atom stereocenters. The van der Waals surface area contributed by atoms with Crippen LogP contribution in [-0.2, 0) is 20.7 Å². The molecule has 3 aliphatic rings. The molecule has 0 saturated carbocycles. The highest BCUT2D eigenvalue weighted by Crippen LogP contribution is 2.52. The van der Waals surface area contributed by atoms with Gasteiger partial charge in [-0.25, -0.2) is 5.43 Å². The maximum absolute atomic E-state index is 13.8. The average molecular weight is 626 g/mol. The third kappa shape index (κ3) is 5.70. The summed E-state index contributed by atoms with van der Waals surface area (Å²) in [6, 6.07) is 3.78. The number of hydrogen-bond donors (Lipinski definition) is 6. The van der Waals surface area contributed by atoms with Gasteiger partial charge in [-0.3, -0.25) is 14.4 Å². The summed E-state index contributed by atoms with van der Waals surface area (Å²) in [6.45, 7) is 5.07. The van der Waals surface area contributed by atoms with Crippen LogP contribution in [0.15, 0.2) is 23.3 Å². The van der Waals surface area contributed by atoms with Gasteiger partial charge in [0.2, 0.25) is 11.7 Å². The Bertz CT molecular complexity index is 1560. The fraction of sp³-hybridized carbons (Fsp3) is 0.500. The van der Waals surface area contributed by atoms with E-state index in [0.717, 1.165) is 6.42 Å². The third-order valence-corrected chi connectivity index (χ3v) is 8.92. The Labute approximate surface area is 260 Å². The highest BCUT2D eigenvalue weighted by atomic mass is 16.7. The number of nitrogens with two attached hydrogens (primary N) is 1. The number of benzene rings is 2. The summed E-state index contributed by atoms with van der Waals surface area (Å²) in [5.41, 5.74) is 5.89. The van der Waals surface area contributed by atoms with Crippen LogP contribution < -0.4 is 15.9 Å². The molecular formula is C32H39N3O10. The van der Waals surface area contributed by atoms with Crippen molar-refractivity contribution in [1.29, 1.82) is 0 Å². The Morgan fingerprint density at radius 2 is 1.89 bits per heavy atom. The van der Waals surface area contributed by atoms with Crippen molar-refractivity contribution in [3.63, 3.8) is 0 Å².